The van der Waals surface area contributed by atoms with E-state index < -0.39 is 5.91 Å². The standard InChI is InChI=1S/C16H19BrN2O2/c1-11-13(16(18)20)14(17)15(12-7-4-3-5-8-12)19(11)9-6-10-21-2/h3-5,7-8H,6,9-10H2,1-2H3,(H2,18,20). The van der Waals surface area contributed by atoms with Gasteiger partial charge in [-0.05, 0) is 34.8 Å². The van der Waals surface area contributed by atoms with Gasteiger partial charge in [-0.25, -0.2) is 0 Å². The predicted octanol–water partition coefficient (Wildman–Crippen LogP) is 3.36. The molecule has 0 spiro atoms. The van der Waals surface area contributed by atoms with Crippen LogP contribution in [0.3, 0.4) is 0 Å². The third-order valence-electron chi connectivity index (χ3n) is 3.49. The molecule has 2 aromatic rings. The van der Waals surface area contributed by atoms with Crippen molar-refractivity contribution in [2.45, 2.75) is 19.9 Å². The molecule has 0 bridgehead atoms. The minimum atomic E-state index is -0.415. The quantitative estimate of drug-likeness (QED) is 0.812. The Morgan fingerprint density at radius 3 is 2.57 bits per heavy atom. The van der Waals surface area contributed by atoms with Gasteiger partial charge in [-0.3, -0.25) is 4.79 Å². The average molecular weight is 351 g/mol. The molecular formula is C16H19BrN2O2. The Balaban J connectivity index is 2.55. The smallest absolute Gasteiger partial charge is 0.251 e. The summed E-state index contributed by atoms with van der Waals surface area (Å²) in [6.45, 7) is 3.37. The van der Waals surface area contributed by atoms with Gasteiger partial charge in [-0.15, -0.1) is 0 Å². The zero-order valence-electron chi connectivity index (χ0n) is 12.2. The van der Waals surface area contributed by atoms with E-state index in [0.29, 0.717) is 12.2 Å². The lowest BCUT2D eigenvalue weighted by Gasteiger charge is -2.12. The lowest BCUT2D eigenvalue weighted by molar-refractivity contribution is 0.0999. The van der Waals surface area contributed by atoms with E-state index in [1.807, 2.05) is 37.3 Å². The number of ether oxygens (including phenoxy) is 1. The van der Waals surface area contributed by atoms with Crippen molar-refractivity contribution in [3.05, 3.63) is 46.1 Å². The maximum atomic E-state index is 11.7. The number of primary amides is 1. The van der Waals surface area contributed by atoms with E-state index in [4.69, 9.17) is 10.5 Å². The fraction of sp³-hybridized carbons (Fsp3) is 0.312. The highest BCUT2D eigenvalue weighted by atomic mass is 79.9. The normalized spacial score (nSPS) is 10.8. The molecule has 0 saturated carbocycles. The van der Waals surface area contributed by atoms with E-state index in [1.165, 1.54) is 0 Å². The number of methoxy groups -OCH3 is 1. The van der Waals surface area contributed by atoms with Gasteiger partial charge < -0.3 is 15.0 Å². The Morgan fingerprint density at radius 1 is 1.33 bits per heavy atom. The van der Waals surface area contributed by atoms with Crippen LogP contribution < -0.4 is 5.73 Å². The summed E-state index contributed by atoms with van der Waals surface area (Å²) in [7, 11) is 1.69. The Bertz CT molecular complexity index is 635. The summed E-state index contributed by atoms with van der Waals surface area (Å²) in [5.74, 6) is -0.415. The minimum absolute atomic E-state index is 0.415. The van der Waals surface area contributed by atoms with Crippen LogP contribution in [-0.2, 0) is 11.3 Å². The summed E-state index contributed by atoms with van der Waals surface area (Å²) in [4.78, 5) is 11.7. The van der Waals surface area contributed by atoms with Crippen molar-refractivity contribution in [3.8, 4) is 11.3 Å². The van der Waals surface area contributed by atoms with E-state index in [0.717, 1.165) is 34.4 Å². The number of nitrogens with zero attached hydrogens (tertiary/aromatic N) is 1. The fourth-order valence-electron chi connectivity index (χ4n) is 2.51. The van der Waals surface area contributed by atoms with Gasteiger partial charge in [0.25, 0.3) is 5.91 Å². The molecule has 2 N–H and O–H groups in total. The minimum Gasteiger partial charge on any atom is -0.385 e. The van der Waals surface area contributed by atoms with Crippen molar-refractivity contribution < 1.29 is 9.53 Å². The molecule has 0 unspecified atom stereocenters. The Labute approximate surface area is 133 Å². The molecule has 2 rings (SSSR count). The number of hydrogen-bond donors (Lipinski definition) is 1. The van der Waals surface area contributed by atoms with Crippen LogP contribution >= 0.6 is 15.9 Å². The first-order valence-electron chi connectivity index (χ1n) is 6.80. The van der Waals surface area contributed by atoms with Crippen LogP contribution in [0.15, 0.2) is 34.8 Å². The van der Waals surface area contributed by atoms with Crippen LogP contribution in [-0.4, -0.2) is 24.2 Å². The molecular weight excluding hydrogens is 332 g/mol. The fourth-order valence-corrected chi connectivity index (χ4v) is 3.44. The molecule has 0 aliphatic heterocycles. The third kappa shape index (κ3) is 3.19. The number of carbonyl (C=O) groups excluding carboxylic acids is 1. The van der Waals surface area contributed by atoms with Gasteiger partial charge in [-0.2, -0.15) is 0 Å². The molecule has 0 saturated heterocycles. The third-order valence-corrected chi connectivity index (χ3v) is 4.26. The van der Waals surface area contributed by atoms with Crippen LogP contribution in [0, 0.1) is 6.92 Å². The lowest BCUT2D eigenvalue weighted by atomic mass is 10.1. The van der Waals surface area contributed by atoms with Gasteiger partial charge in [0.05, 0.1) is 15.7 Å². The number of hydrogen-bond acceptors (Lipinski definition) is 2. The van der Waals surface area contributed by atoms with Gasteiger partial charge in [0, 0.05) is 26.0 Å². The molecule has 0 fully saturated rings. The summed E-state index contributed by atoms with van der Waals surface area (Å²) in [6, 6.07) is 9.98. The molecule has 0 atom stereocenters. The number of aromatic nitrogens is 1. The van der Waals surface area contributed by atoms with Crippen molar-refractivity contribution in [1.82, 2.24) is 4.57 Å². The predicted molar refractivity (Wildman–Crippen MR) is 87.3 cm³/mol. The molecule has 1 amide bonds. The van der Waals surface area contributed by atoms with Crippen LogP contribution in [0.25, 0.3) is 11.3 Å². The van der Waals surface area contributed by atoms with Gasteiger partial charge in [0.2, 0.25) is 0 Å². The summed E-state index contributed by atoms with van der Waals surface area (Å²) >= 11 is 3.55. The molecule has 4 nitrogen and oxygen atoms in total. The van der Waals surface area contributed by atoms with Crippen molar-refractivity contribution in [2.24, 2.45) is 5.73 Å². The highest BCUT2D eigenvalue weighted by molar-refractivity contribution is 9.10. The second-order valence-corrected chi connectivity index (χ2v) is 5.64. The van der Waals surface area contributed by atoms with Crippen LogP contribution in [0.1, 0.15) is 22.5 Å². The summed E-state index contributed by atoms with van der Waals surface area (Å²) < 4.78 is 8.00. The second-order valence-electron chi connectivity index (χ2n) is 4.85. The highest BCUT2D eigenvalue weighted by Gasteiger charge is 2.22. The largest absolute Gasteiger partial charge is 0.385 e. The van der Waals surface area contributed by atoms with Crippen molar-refractivity contribution in [2.75, 3.05) is 13.7 Å². The molecule has 1 aromatic carbocycles. The topological polar surface area (TPSA) is 57.2 Å². The first-order valence-corrected chi connectivity index (χ1v) is 7.60. The number of benzene rings is 1. The first-order chi connectivity index (χ1) is 10.1. The summed E-state index contributed by atoms with van der Waals surface area (Å²) in [5, 5.41) is 0. The lowest BCUT2D eigenvalue weighted by Crippen LogP contribution is -2.13. The van der Waals surface area contributed by atoms with Gasteiger partial charge in [-0.1, -0.05) is 30.3 Å². The van der Waals surface area contributed by atoms with Gasteiger partial charge >= 0.3 is 0 Å². The molecule has 112 valence electrons. The van der Waals surface area contributed by atoms with Gasteiger partial charge in [0.1, 0.15) is 0 Å². The molecule has 0 aliphatic carbocycles. The molecule has 1 aromatic heterocycles. The highest BCUT2D eigenvalue weighted by Crippen LogP contribution is 2.35. The number of halogens is 1. The van der Waals surface area contributed by atoms with Crippen LogP contribution in [0.5, 0.6) is 0 Å². The number of amides is 1. The number of rotatable bonds is 6. The van der Waals surface area contributed by atoms with Gasteiger partial charge in [0.15, 0.2) is 0 Å². The zero-order valence-corrected chi connectivity index (χ0v) is 13.8. The van der Waals surface area contributed by atoms with Crippen molar-refractivity contribution in [1.29, 1.82) is 0 Å². The first kappa shape index (κ1) is 15.8. The summed E-state index contributed by atoms with van der Waals surface area (Å²) in [6.07, 6.45) is 0.872. The van der Waals surface area contributed by atoms with Crippen molar-refractivity contribution in [3.63, 3.8) is 0 Å². The maximum absolute atomic E-state index is 11.7. The van der Waals surface area contributed by atoms with E-state index in [9.17, 15) is 4.79 Å². The molecule has 5 heteroatoms. The average Bonchev–Trinajstić information content (AvgIpc) is 2.71. The van der Waals surface area contributed by atoms with Crippen LogP contribution in [0.4, 0.5) is 0 Å². The van der Waals surface area contributed by atoms with E-state index >= 15 is 0 Å². The van der Waals surface area contributed by atoms with Crippen molar-refractivity contribution >= 4 is 21.8 Å². The van der Waals surface area contributed by atoms with E-state index in [-0.39, 0.29) is 0 Å². The second kappa shape index (κ2) is 6.91. The Hall–Kier alpha value is -1.59. The Kier molecular flexibility index (Phi) is 5.20. The molecule has 0 aliphatic rings. The number of nitrogens with two attached hydrogens (primary N) is 1. The monoisotopic (exact) mass is 350 g/mol. The summed E-state index contributed by atoms with van der Waals surface area (Å²) in [5.41, 5.74) is 8.99. The van der Waals surface area contributed by atoms with E-state index in [1.54, 1.807) is 7.11 Å². The molecule has 21 heavy (non-hydrogen) atoms. The SMILES string of the molecule is COCCCn1c(C)c(C(N)=O)c(Br)c1-c1ccccc1. The Morgan fingerprint density at radius 2 is 2.00 bits per heavy atom. The molecule has 1 heterocycles. The number of carbonyl (C=O) groups is 1. The zero-order chi connectivity index (χ0) is 15.4. The van der Waals surface area contributed by atoms with Crippen LogP contribution in [0.2, 0.25) is 0 Å². The maximum Gasteiger partial charge on any atom is 0.251 e. The van der Waals surface area contributed by atoms with E-state index in [2.05, 4.69) is 20.5 Å². The molecule has 0 radical (unpaired) electrons.